The van der Waals surface area contributed by atoms with Crippen molar-refractivity contribution >= 4 is 21.7 Å². The van der Waals surface area contributed by atoms with E-state index in [4.69, 9.17) is 0 Å². The molecule has 2 amide bonds. The second kappa shape index (κ2) is 7.24. The predicted octanol–water partition coefficient (Wildman–Crippen LogP) is 0.573. The molecule has 1 N–H and O–H groups in total. The Balaban J connectivity index is 2.82. The second-order valence-electron chi connectivity index (χ2n) is 6.00. The third-order valence-electron chi connectivity index (χ3n) is 4.01. The second-order valence-corrected chi connectivity index (χ2v) is 8.26. The number of hydrogen-bond donors (Lipinski definition) is 1. The van der Waals surface area contributed by atoms with Crippen molar-refractivity contribution in [1.82, 2.24) is 10.2 Å². The minimum absolute atomic E-state index is 0.0544. The minimum atomic E-state index is -3.03. The summed E-state index contributed by atoms with van der Waals surface area (Å²) in [5.41, 5.74) is 0. The summed E-state index contributed by atoms with van der Waals surface area (Å²) in [7, 11) is -3.03. The Labute approximate surface area is 127 Å². The summed E-state index contributed by atoms with van der Waals surface area (Å²) < 4.78 is 22.4. The van der Waals surface area contributed by atoms with Crippen molar-refractivity contribution in [3.8, 4) is 0 Å². The van der Waals surface area contributed by atoms with Crippen LogP contribution in [0.15, 0.2) is 0 Å². The fourth-order valence-corrected chi connectivity index (χ4v) is 3.17. The van der Waals surface area contributed by atoms with Crippen LogP contribution in [0.4, 0.5) is 0 Å². The topological polar surface area (TPSA) is 83.6 Å². The Morgan fingerprint density at radius 2 is 2.00 bits per heavy atom. The monoisotopic (exact) mass is 318 g/mol. The quantitative estimate of drug-likeness (QED) is 0.776. The first-order valence-electron chi connectivity index (χ1n) is 7.43. The number of sulfone groups is 1. The highest BCUT2D eigenvalue weighted by molar-refractivity contribution is 7.90. The van der Waals surface area contributed by atoms with Gasteiger partial charge in [0.05, 0.1) is 5.75 Å². The lowest BCUT2D eigenvalue weighted by atomic mass is 9.98. The summed E-state index contributed by atoms with van der Waals surface area (Å²) in [5, 5.41) is 2.80. The summed E-state index contributed by atoms with van der Waals surface area (Å²) in [5.74, 6) is -0.106. The van der Waals surface area contributed by atoms with Crippen LogP contribution < -0.4 is 5.32 Å². The van der Waals surface area contributed by atoms with Crippen molar-refractivity contribution in [2.24, 2.45) is 5.92 Å². The Morgan fingerprint density at radius 3 is 2.52 bits per heavy atom. The molecule has 1 fully saturated rings. The molecule has 3 atom stereocenters. The van der Waals surface area contributed by atoms with Crippen LogP contribution in [-0.2, 0) is 19.4 Å². The van der Waals surface area contributed by atoms with Crippen LogP contribution in [0.2, 0.25) is 0 Å². The van der Waals surface area contributed by atoms with Gasteiger partial charge in [0.1, 0.15) is 15.9 Å². The highest BCUT2D eigenvalue weighted by Gasteiger charge is 2.35. The van der Waals surface area contributed by atoms with Crippen LogP contribution in [0.5, 0.6) is 0 Å². The first-order chi connectivity index (χ1) is 9.65. The molecule has 6 nitrogen and oxygen atoms in total. The molecule has 21 heavy (non-hydrogen) atoms. The van der Waals surface area contributed by atoms with Gasteiger partial charge in [-0.1, -0.05) is 20.3 Å². The van der Waals surface area contributed by atoms with Crippen LogP contribution in [-0.4, -0.2) is 55.8 Å². The molecule has 0 aromatic rings. The molecule has 0 radical (unpaired) electrons. The van der Waals surface area contributed by atoms with Crippen molar-refractivity contribution < 1.29 is 18.0 Å². The van der Waals surface area contributed by atoms with Gasteiger partial charge in [-0.15, -0.1) is 0 Å². The van der Waals surface area contributed by atoms with Crippen LogP contribution in [0.25, 0.3) is 0 Å². The molecule has 0 bridgehead atoms. The van der Waals surface area contributed by atoms with Crippen molar-refractivity contribution in [1.29, 1.82) is 0 Å². The largest absolute Gasteiger partial charge is 0.344 e. The van der Waals surface area contributed by atoms with E-state index in [-0.39, 0.29) is 35.9 Å². The van der Waals surface area contributed by atoms with Gasteiger partial charge in [-0.3, -0.25) is 9.59 Å². The molecular weight excluding hydrogens is 292 g/mol. The summed E-state index contributed by atoms with van der Waals surface area (Å²) in [6, 6.07) is -0.711. The highest BCUT2D eigenvalue weighted by atomic mass is 32.2. The van der Waals surface area contributed by atoms with Crippen molar-refractivity contribution in [3.05, 3.63) is 0 Å². The van der Waals surface area contributed by atoms with E-state index in [1.165, 1.54) is 6.26 Å². The van der Waals surface area contributed by atoms with Gasteiger partial charge in [0.15, 0.2) is 0 Å². The van der Waals surface area contributed by atoms with Gasteiger partial charge >= 0.3 is 0 Å². The van der Waals surface area contributed by atoms with Gasteiger partial charge in [0.2, 0.25) is 11.8 Å². The zero-order valence-electron chi connectivity index (χ0n) is 13.3. The zero-order valence-corrected chi connectivity index (χ0v) is 14.1. The molecule has 0 aromatic heterocycles. The molecule has 3 unspecified atom stereocenters. The lowest BCUT2D eigenvalue weighted by molar-refractivity contribution is -0.136. The van der Waals surface area contributed by atoms with Gasteiger partial charge in [0, 0.05) is 25.3 Å². The van der Waals surface area contributed by atoms with Crippen LogP contribution >= 0.6 is 0 Å². The summed E-state index contributed by atoms with van der Waals surface area (Å²) in [4.78, 5) is 26.1. The van der Waals surface area contributed by atoms with Crippen LogP contribution in [0, 0.1) is 5.92 Å². The fourth-order valence-electron chi connectivity index (χ4n) is 2.52. The Bertz CT molecular complexity index is 489. The van der Waals surface area contributed by atoms with E-state index in [9.17, 15) is 18.0 Å². The number of nitrogens with zero attached hydrogens (tertiary/aromatic N) is 1. The van der Waals surface area contributed by atoms with Crippen molar-refractivity contribution in [2.75, 3.05) is 18.6 Å². The third kappa shape index (κ3) is 5.30. The minimum Gasteiger partial charge on any atom is -0.344 e. The SMILES string of the molecule is CCC(C)C1NC(=O)CC(C)N(CCCS(C)(=O)=O)C1=O. The first-order valence-corrected chi connectivity index (χ1v) is 9.49. The molecule has 122 valence electrons. The lowest BCUT2D eigenvalue weighted by Crippen LogP contribution is -2.49. The number of hydrogen-bond acceptors (Lipinski definition) is 4. The standard InChI is InChI=1S/C14H26N2O4S/c1-5-10(2)13-14(18)16(7-6-8-21(4,19)20)11(3)9-12(17)15-13/h10-11,13H,5-9H2,1-4H3,(H,15,17). The molecule has 1 aliphatic rings. The molecule has 0 spiro atoms. The number of rotatable bonds is 6. The molecule has 1 saturated heterocycles. The Morgan fingerprint density at radius 1 is 1.38 bits per heavy atom. The van der Waals surface area contributed by atoms with E-state index in [0.29, 0.717) is 13.0 Å². The van der Waals surface area contributed by atoms with Crippen LogP contribution in [0.3, 0.4) is 0 Å². The molecule has 7 heteroatoms. The molecule has 0 saturated carbocycles. The normalized spacial score (nSPS) is 25.4. The van der Waals surface area contributed by atoms with E-state index < -0.39 is 15.9 Å². The molecule has 0 aromatic carbocycles. The Hall–Kier alpha value is -1.11. The molecular formula is C14H26N2O4S. The van der Waals surface area contributed by atoms with Gasteiger partial charge < -0.3 is 10.2 Å². The van der Waals surface area contributed by atoms with Gasteiger partial charge in [-0.05, 0) is 19.3 Å². The smallest absolute Gasteiger partial charge is 0.245 e. The molecule has 1 rings (SSSR count). The predicted molar refractivity (Wildman–Crippen MR) is 81.5 cm³/mol. The summed E-state index contributed by atoms with van der Waals surface area (Å²) in [6.45, 7) is 6.12. The number of nitrogens with one attached hydrogen (secondary N) is 1. The number of amides is 2. The summed E-state index contributed by atoms with van der Waals surface area (Å²) >= 11 is 0. The summed E-state index contributed by atoms with van der Waals surface area (Å²) in [6.07, 6.45) is 2.64. The van der Waals surface area contributed by atoms with E-state index in [0.717, 1.165) is 6.42 Å². The lowest BCUT2D eigenvalue weighted by Gasteiger charge is -2.30. The van der Waals surface area contributed by atoms with E-state index >= 15 is 0 Å². The Kier molecular flexibility index (Phi) is 6.19. The first kappa shape index (κ1) is 17.9. The van der Waals surface area contributed by atoms with Crippen molar-refractivity contribution in [3.63, 3.8) is 0 Å². The van der Waals surface area contributed by atoms with Gasteiger partial charge in [0.25, 0.3) is 0 Å². The fraction of sp³-hybridized carbons (Fsp3) is 0.857. The van der Waals surface area contributed by atoms with Gasteiger partial charge in [-0.2, -0.15) is 0 Å². The average molecular weight is 318 g/mol. The molecule has 1 heterocycles. The zero-order chi connectivity index (χ0) is 16.2. The molecule has 0 aliphatic carbocycles. The maximum Gasteiger partial charge on any atom is 0.245 e. The van der Waals surface area contributed by atoms with E-state index in [2.05, 4.69) is 5.32 Å². The van der Waals surface area contributed by atoms with Crippen LogP contribution in [0.1, 0.15) is 40.0 Å². The number of carbonyl (C=O) groups is 2. The average Bonchev–Trinajstić information content (AvgIpc) is 2.47. The van der Waals surface area contributed by atoms with Gasteiger partial charge in [-0.25, -0.2) is 8.42 Å². The molecule has 1 aliphatic heterocycles. The third-order valence-corrected chi connectivity index (χ3v) is 5.04. The number of carbonyl (C=O) groups excluding carboxylic acids is 2. The van der Waals surface area contributed by atoms with E-state index in [1.54, 1.807) is 4.90 Å². The maximum atomic E-state index is 12.6. The highest BCUT2D eigenvalue weighted by Crippen LogP contribution is 2.18. The maximum absolute atomic E-state index is 12.6. The van der Waals surface area contributed by atoms with Crippen molar-refractivity contribution in [2.45, 2.75) is 52.1 Å². The van der Waals surface area contributed by atoms with E-state index in [1.807, 2.05) is 20.8 Å².